The fourth-order valence-electron chi connectivity index (χ4n) is 1.23. The molecule has 0 saturated carbocycles. The molecule has 0 aliphatic rings. The lowest BCUT2D eigenvalue weighted by Gasteiger charge is -2.08. The number of benzene rings is 1. The molecule has 0 bridgehead atoms. The van der Waals surface area contributed by atoms with E-state index in [0.29, 0.717) is 15.0 Å². The number of aromatic nitrogens is 2. The monoisotopic (exact) mass is 280 g/mol. The third kappa shape index (κ3) is 2.52. The van der Waals surface area contributed by atoms with E-state index >= 15 is 0 Å². The molecule has 0 saturated heterocycles. The van der Waals surface area contributed by atoms with Crippen molar-refractivity contribution in [2.45, 2.75) is 6.18 Å². The van der Waals surface area contributed by atoms with Crippen LogP contribution in [0.2, 0.25) is 0 Å². The maximum atomic E-state index is 13.3. The summed E-state index contributed by atoms with van der Waals surface area (Å²) in [6, 6.07) is 2.65. The summed E-state index contributed by atoms with van der Waals surface area (Å²) in [6.07, 6.45) is -4.69. The van der Waals surface area contributed by atoms with Gasteiger partial charge in [-0.1, -0.05) is 17.4 Å². The molecule has 2 nitrogen and oxygen atoms in total. The van der Waals surface area contributed by atoms with Crippen LogP contribution >= 0.6 is 23.6 Å². The van der Waals surface area contributed by atoms with Crippen molar-refractivity contribution < 1.29 is 17.6 Å². The second kappa shape index (κ2) is 4.19. The van der Waals surface area contributed by atoms with Crippen molar-refractivity contribution in [3.05, 3.63) is 33.5 Å². The fourth-order valence-corrected chi connectivity index (χ4v) is 2.12. The first-order valence-electron chi connectivity index (χ1n) is 4.30. The highest BCUT2D eigenvalue weighted by Gasteiger charge is 2.34. The lowest BCUT2D eigenvalue weighted by Crippen LogP contribution is -2.07. The Hall–Kier alpha value is -1.28. The summed E-state index contributed by atoms with van der Waals surface area (Å²) in [5.74, 6) is -1.32. The molecule has 0 fully saturated rings. The Morgan fingerprint density at radius 3 is 2.47 bits per heavy atom. The maximum Gasteiger partial charge on any atom is 0.419 e. The Morgan fingerprint density at radius 2 is 2.00 bits per heavy atom. The number of rotatable bonds is 1. The molecule has 8 heteroatoms. The molecule has 0 amide bonds. The molecule has 0 radical (unpaired) electrons. The van der Waals surface area contributed by atoms with Crippen LogP contribution in [-0.2, 0) is 6.18 Å². The van der Waals surface area contributed by atoms with Crippen LogP contribution in [0.1, 0.15) is 5.56 Å². The van der Waals surface area contributed by atoms with Crippen molar-refractivity contribution >= 4 is 23.6 Å². The smallest absolute Gasteiger partial charge is 0.258 e. The van der Waals surface area contributed by atoms with Crippen molar-refractivity contribution in [2.24, 2.45) is 0 Å². The topological polar surface area (TPSA) is 28.7 Å². The van der Waals surface area contributed by atoms with Crippen LogP contribution in [-0.4, -0.2) is 10.2 Å². The van der Waals surface area contributed by atoms with E-state index < -0.39 is 17.6 Å². The third-order valence-corrected chi connectivity index (χ3v) is 3.10. The molecule has 1 aromatic heterocycles. The van der Waals surface area contributed by atoms with Crippen molar-refractivity contribution in [1.29, 1.82) is 0 Å². The van der Waals surface area contributed by atoms with Crippen molar-refractivity contribution in [3.63, 3.8) is 0 Å². The van der Waals surface area contributed by atoms with Gasteiger partial charge in [0.05, 0.1) is 5.56 Å². The summed E-state index contributed by atoms with van der Waals surface area (Å²) in [5.41, 5.74) is -1.03. The van der Waals surface area contributed by atoms with Crippen LogP contribution in [0.5, 0.6) is 0 Å². The quantitative estimate of drug-likeness (QED) is 0.631. The third-order valence-electron chi connectivity index (χ3n) is 1.96. The van der Waals surface area contributed by atoms with E-state index in [1.54, 1.807) is 0 Å². The highest BCUT2D eigenvalue weighted by molar-refractivity contribution is 7.73. The van der Waals surface area contributed by atoms with E-state index in [-0.39, 0.29) is 5.56 Å². The number of nitrogens with one attached hydrogen (secondary N) is 1. The zero-order chi connectivity index (χ0) is 12.6. The Bertz CT molecular complexity index is 600. The van der Waals surface area contributed by atoms with Gasteiger partial charge in [-0.15, -0.1) is 0 Å². The second-order valence-electron chi connectivity index (χ2n) is 3.11. The minimum atomic E-state index is -4.69. The van der Waals surface area contributed by atoms with Gasteiger partial charge in [-0.2, -0.15) is 18.3 Å². The SMILES string of the molecule is Fc1cc(-c2n[nH]c(=S)s2)ccc1C(F)(F)F. The summed E-state index contributed by atoms with van der Waals surface area (Å²) in [5, 5.41) is 6.58. The Labute approximate surface area is 102 Å². The van der Waals surface area contributed by atoms with Gasteiger partial charge in [-0.25, -0.2) is 4.39 Å². The van der Waals surface area contributed by atoms with E-state index in [9.17, 15) is 17.6 Å². The van der Waals surface area contributed by atoms with Crippen LogP contribution in [0.15, 0.2) is 18.2 Å². The number of alkyl halides is 3. The highest BCUT2D eigenvalue weighted by atomic mass is 32.1. The van der Waals surface area contributed by atoms with Gasteiger partial charge < -0.3 is 0 Å². The second-order valence-corrected chi connectivity index (χ2v) is 4.78. The molecule has 1 N–H and O–H groups in total. The lowest BCUT2D eigenvalue weighted by atomic mass is 10.1. The number of hydrogen-bond acceptors (Lipinski definition) is 3. The van der Waals surface area contributed by atoms with Gasteiger partial charge in [0.25, 0.3) is 0 Å². The number of halogens is 4. The summed E-state index contributed by atoms with van der Waals surface area (Å²) in [4.78, 5) is 0. The number of hydrogen-bond donors (Lipinski definition) is 1. The van der Waals surface area contributed by atoms with Crippen LogP contribution in [0.25, 0.3) is 10.6 Å². The molecule has 17 heavy (non-hydrogen) atoms. The van der Waals surface area contributed by atoms with Gasteiger partial charge in [-0.3, -0.25) is 5.10 Å². The van der Waals surface area contributed by atoms with Gasteiger partial charge in [0.15, 0.2) is 3.95 Å². The zero-order valence-electron chi connectivity index (χ0n) is 8.01. The summed E-state index contributed by atoms with van der Waals surface area (Å²) >= 11 is 5.84. The molecule has 2 rings (SSSR count). The largest absolute Gasteiger partial charge is 0.419 e. The molecule has 1 heterocycles. The van der Waals surface area contributed by atoms with Crippen LogP contribution < -0.4 is 0 Å². The zero-order valence-corrected chi connectivity index (χ0v) is 9.64. The van der Waals surface area contributed by atoms with Crippen LogP contribution in [0.4, 0.5) is 17.6 Å². The minimum absolute atomic E-state index is 0.257. The molecule has 90 valence electrons. The normalized spacial score (nSPS) is 11.8. The van der Waals surface area contributed by atoms with E-state index in [1.165, 1.54) is 0 Å². The average Bonchev–Trinajstić information content (AvgIpc) is 2.62. The molecule has 2 aromatic rings. The Kier molecular flexibility index (Phi) is 3.00. The van der Waals surface area contributed by atoms with Crippen LogP contribution in [0, 0.1) is 9.77 Å². The van der Waals surface area contributed by atoms with E-state index in [2.05, 4.69) is 10.2 Å². The van der Waals surface area contributed by atoms with Gasteiger partial charge in [-0.05, 0) is 24.4 Å². The highest BCUT2D eigenvalue weighted by Crippen LogP contribution is 2.33. The van der Waals surface area contributed by atoms with E-state index in [1.807, 2.05) is 0 Å². The van der Waals surface area contributed by atoms with Crippen molar-refractivity contribution in [2.75, 3.05) is 0 Å². The molecule has 0 spiro atoms. The predicted molar refractivity (Wildman–Crippen MR) is 57.7 cm³/mol. The Balaban J connectivity index is 2.48. The number of aromatic amines is 1. The van der Waals surface area contributed by atoms with Crippen molar-refractivity contribution in [1.82, 2.24) is 10.2 Å². The fraction of sp³-hybridized carbons (Fsp3) is 0.111. The number of nitrogens with zero attached hydrogens (tertiary/aromatic N) is 1. The van der Waals surface area contributed by atoms with Gasteiger partial charge in [0.2, 0.25) is 0 Å². The Morgan fingerprint density at radius 1 is 1.29 bits per heavy atom. The molecular formula is C9H4F4N2S2. The first-order chi connectivity index (χ1) is 7.88. The van der Waals surface area contributed by atoms with Crippen molar-refractivity contribution in [3.8, 4) is 10.6 Å². The minimum Gasteiger partial charge on any atom is -0.258 e. The predicted octanol–water partition coefficient (Wildman–Crippen LogP) is 4.03. The van der Waals surface area contributed by atoms with Gasteiger partial charge >= 0.3 is 6.18 Å². The average molecular weight is 280 g/mol. The molecule has 0 aliphatic heterocycles. The molecular weight excluding hydrogens is 276 g/mol. The molecule has 1 aromatic carbocycles. The molecule has 0 aliphatic carbocycles. The van der Waals surface area contributed by atoms with E-state index in [0.717, 1.165) is 23.5 Å². The summed E-state index contributed by atoms with van der Waals surface area (Å²) < 4.78 is 50.6. The first kappa shape index (κ1) is 12.2. The summed E-state index contributed by atoms with van der Waals surface area (Å²) in [6.45, 7) is 0. The van der Waals surface area contributed by atoms with Gasteiger partial charge in [0.1, 0.15) is 10.8 Å². The molecule has 0 atom stereocenters. The number of H-pyrrole nitrogens is 1. The summed E-state index contributed by atoms with van der Waals surface area (Å²) in [7, 11) is 0. The van der Waals surface area contributed by atoms with Gasteiger partial charge in [0, 0.05) is 5.56 Å². The lowest BCUT2D eigenvalue weighted by molar-refractivity contribution is -0.139. The maximum absolute atomic E-state index is 13.3. The van der Waals surface area contributed by atoms with Crippen LogP contribution in [0.3, 0.4) is 0 Å². The first-order valence-corrected chi connectivity index (χ1v) is 5.53. The molecule has 0 unspecified atom stereocenters. The standard InChI is InChI=1S/C9H4F4N2S2/c10-6-3-4(7-14-15-8(16)17-7)1-2-5(6)9(11,12)13/h1-3H,(H,15,16). The van der Waals surface area contributed by atoms with E-state index in [4.69, 9.17) is 12.2 Å².